The molecule has 0 bridgehead atoms. The molecule has 3 atom stereocenters. The van der Waals surface area contributed by atoms with Crippen LogP contribution in [0.3, 0.4) is 0 Å². The molecule has 0 saturated carbocycles. The molecule has 5 aromatic rings. The molecule has 11 rings (SSSR count). The number of anilines is 1. The highest BCUT2D eigenvalue weighted by atomic mass is 31.1. The largest absolute Gasteiger partial charge is 0.456 e. The van der Waals surface area contributed by atoms with Crippen LogP contribution in [0.4, 0.5) is 17.1 Å². The molecule has 48 heavy (non-hydrogen) atoms. The molecule has 1 fully saturated rings. The van der Waals surface area contributed by atoms with E-state index in [1.807, 2.05) is 0 Å². The lowest BCUT2D eigenvalue weighted by Crippen LogP contribution is -2.67. The molecule has 5 heteroatoms. The van der Waals surface area contributed by atoms with Crippen molar-refractivity contribution in [2.75, 3.05) is 5.01 Å². The Kier molecular flexibility index (Phi) is 5.38. The molecule has 3 aliphatic carbocycles. The van der Waals surface area contributed by atoms with Crippen molar-refractivity contribution in [3.05, 3.63) is 167 Å². The van der Waals surface area contributed by atoms with Crippen LogP contribution in [-0.4, -0.2) is 35.1 Å². The van der Waals surface area contributed by atoms with Crippen LogP contribution in [0.1, 0.15) is 0 Å². The van der Waals surface area contributed by atoms with Crippen LogP contribution in [0.15, 0.2) is 161 Å². The van der Waals surface area contributed by atoms with E-state index in [-0.39, 0.29) is 18.1 Å². The Labute approximate surface area is 279 Å². The number of rotatable bonds is 3. The van der Waals surface area contributed by atoms with Crippen molar-refractivity contribution in [2.45, 2.75) is 18.1 Å². The topological polar surface area (TPSA) is 22.6 Å². The summed E-state index contributed by atoms with van der Waals surface area (Å²) in [5.41, 5.74) is 14.3. The minimum atomic E-state index is -0.0944. The van der Waals surface area contributed by atoms with E-state index in [2.05, 4.69) is 167 Å². The number of hydrazine groups is 1. The van der Waals surface area contributed by atoms with E-state index in [1.165, 1.54) is 50.1 Å². The Balaban J connectivity index is 1.31. The summed E-state index contributed by atoms with van der Waals surface area (Å²) in [7, 11) is 0.998. The van der Waals surface area contributed by atoms with Gasteiger partial charge in [-0.25, -0.2) is 0 Å². The maximum absolute atomic E-state index is 6.86. The molecular formula is C43H29N3OP+. The highest BCUT2D eigenvalue weighted by Crippen LogP contribution is 2.53. The van der Waals surface area contributed by atoms with Crippen LogP contribution in [0.5, 0.6) is 0 Å². The van der Waals surface area contributed by atoms with Gasteiger partial charge in [-0.05, 0) is 46.0 Å². The fourth-order valence-corrected chi connectivity index (χ4v) is 9.14. The van der Waals surface area contributed by atoms with Crippen molar-refractivity contribution >= 4 is 65.2 Å². The van der Waals surface area contributed by atoms with Crippen LogP contribution in [0.2, 0.25) is 0 Å². The summed E-state index contributed by atoms with van der Waals surface area (Å²) in [4.78, 5) is 0. The molecule has 226 valence electrons. The lowest BCUT2D eigenvalue weighted by molar-refractivity contribution is 0.211. The molecule has 3 aliphatic heterocycles. The summed E-state index contributed by atoms with van der Waals surface area (Å²) < 4.78 is 9.37. The monoisotopic (exact) mass is 634 g/mol. The minimum Gasteiger partial charge on any atom is -0.456 e. The molecule has 4 heterocycles. The Morgan fingerprint density at radius 3 is 2.56 bits per heavy atom. The Bertz CT molecular complexity index is 2610. The second-order valence-electron chi connectivity index (χ2n) is 13.0. The summed E-state index contributed by atoms with van der Waals surface area (Å²) in [5, 5.41) is 8.72. The molecule has 6 aliphatic rings. The fraction of sp³-hybridized carbons (Fsp3) is 0.0698. The average Bonchev–Trinajstić information content (AvgIpc) is 3.69. The normalized spacial score (nSPS) is 22.8. The smallest absolute Gasteiger partial charge is 0.236 e. The van der Waals surface area contributed by atoms with Gasteiger partial charge >= 0.3 is 0 Å². The molecule has 0 radical (unpaired) electrons. The zero-order valence-corrected chi connectivity index (χ0v) is 26.9. The van der Waals surface area contributed by atoms with E-state index >= 15 is 0 Å². The number of para-hydroxylation sites is 1. The van der Waals surface area contributed by atoms with Gasteiger partial charge in [0.2, 0.25) is 17.1 Å². The van der Waals surface area contributed by atoms with Gasteiger partial charge in [0.25, 0.3) is 0 Å². The van der Waals surface area contributed by atoms with Gasteiger partial charge in [0.05, 0.1) is 12.1 Å². The SMILES string of the molecule is C=Pc1cccc([N+]2=C3C=c4c(oc5ccccc45)=C4C5=CC=CC6=C7C=CC=CC7N(C56)N(c5ccc(-c6ccccc6)cc52)C43)c1. The number of benzene rings is 4. The van der Waals surface area contributed by atoms with Gasteiger partial charge in [-0.2, -0.15) is 9.58 Å². The standard InChI is InChI=1S/C43H29N3OP/c1-48-29-14-9-13-28(24-29)44-37-23-27(26-11-3-2-4-12-26)21-22-36(37)46-42-38(44)25-34-31-16-6-8-20-39(31)47-43(34)40(42)33-18-10-17-32-30-15-5-7-19-35(30)45(46)41(32)33/h2-25,35,41-42H,1H2/q+1. The molecule has 4 nitrogen and oxygen atoms in total. The van der Waals surface area contributed by atoms with Crippen molar-refractivity contribution in [3.63, 3.8) is 0 Å². The van der Waals surface area contributed by atoms with Gasteiger partial charge in [-0.3, -0.25) is 5.01 Å². The second kappa shape index (κ2) is 9.74. The van der Waals surface area contributed by atoms with Gasteiger partial charge < -0.3 is 4.42 Å². The molecule has 0 spiro atoms. The highest BCUT2D eigenvalue weighted by Gasteiger charge is 2.58. The third-order valence-electron chi connectivity index (χ3n) is 10.7. The molecule has 3 unspecified atom stereocenters. The first-order chi connectivity index (χ1) is 23.8. The van der Waals surface area contributed by atoms with Crippen molar-refractivity contribution < 1.29 is 4.42 Å². The van der Waals surface area contributed by atoms with E-state index in [1.54, 1.807) is 0 Å². The summed E-state index contributed by atoms with van der Waals surface area (Å²) in [6, 6.07) is 35.2. The zero-order valence-electron chi connectivity index (χ0n) is 26.0. The second-order valence-corrected chi connectivity index (χ2v) is 13.8. The number of allylic oxidation sites excluding steroid dienone is 4. The minimum absolute atomic E-state index is 0.0792. The first-order valence-corrected chi connectivity index (χ1v) is 17.6. The van der Waals surface area contributed by atoms with E-state index < -0.39 is 0 Å². The van der Waals surface area contributed by atoms with Gasteiger partial charge in [0.1, 0.15) is 16.7 Å². The molecule has 4 aromatic carbocycles. The summed E-state index contributed by atoms with van der Waals surface area (Å²) >= 11 is 0. The maximum Gasteiger partial charge on any atom is 0.236 e. The van der Waals surface area contributed by atoms with Crippen molar-refractivity contribution in [1.29, 1.82) is 0 Å². The predicted octanol–water partition coefficient (Wildman–Crippen LogP) is 7.11. The van der Waals surface area contributed by atoms with Crippen molar-refractivity contribution in [2.24, 2.45) is 0 Å². The van der Waals surface area contributed by atoms with E-state index in [0.717, 1.165) is 41.2 Å². The first kappa shape index (κ1) is 26.5. The highest BCUT2D eigenvalue weighted by molar-refractivity contribution is 7.45. The van der Waals surface area contributed by atoms with Crippen LogP contribution >= 0.6 is 8.20 Å². The van der Waals surface area contributed by atoms with Crippen LogP contribution in [-0.2, 0) is 0 Å². The summed E-state index contributed by atoms with van der Waals surface area (Å²) in [6.45, 7) is 0. The quantitative estimate of drug-likeness (QED) is 0.156. The maximum atomic E-state index is 6.86. The number of hydrogen-bond donors (Lipinski definition) is 0. The summed E-state index contributed by atoms with van der Waals surface area (Å²) in [6.07, 6.45) is 22.5. The molecule has 1 saturated heterocycles. The van der Waals surface area contributed by atoms with Gasteiger partial charge in [0, 0.05) is 45.8 Å². The average molecular weight is 635 g/mol. The van der Waals surface area contributed by atoms with Crippen LogP contribution < -0.4 is 25.5 Å². The molecule has 0 N–H and O–H groups in total. The third kappa shape index (κ3) is 3.43. The fourth-order valence-electron chi connectivity index (χ4n) is 8.72. The summed E-state index contributed by atoms with van der Waals surface area (Å²) in [5.74, 6) is 0. The van der Waals surface area contributed by atoms with Crippen LogP contribution in [0.25, 0.3) is 33.7 Å². The Morgan fingerprint density at radius 2 is 1.65 bits per heavy atom. The number of nitrogens with zero attached hydrogens (tertiary/aromatic N) is 3. The molecule has 0 amide bonds. The van der Waals surface area contributed by atoms with Crippen LogP contribution in [0, 0.1) is 0 Å². The van der Waals surface area contributed by atoms with E-state index in [4.69, 9.17) is 4.42 Å². The van der Waals surface area contributed by atoms with E-state index in [0.29, 0.717) is 0 Å². The van der Waals surface area contributed by atoms with Gasteiger partial charge in [-0.1, -0.05) is 118 Å². The molecule has 1 aromatic heterocycles. The zero-order chi connectivity index (χ0) is 31.5. The number of fused-ring (bicyclic) bond motifs is 9. The first-order valence-electron chi connectivity index (χ1n) is 16.5. The predicted molar refractivity (Wildman–Crippen MR) is 200 cm³/mol. The lowest BCUT2D eigenvalue weighted by atomic mass is 9.79. The third-order valence-corrected chi connectivity index (χ3v) is 11.3. The number of furan rings is 1. The van der Waals surface area contributed by atoms with Gasteiger partial charge in [-0.15, -0.1) is 0 Å². The number of hydrogen-bond acceptors (Lipinski definition) is 3. The Morgan fingerprint density at radius 1 is 0.771 bits per heavy atom. The van der Waals surface area contributed by atoms with Crippen molar-refractivity contribution in [1.82, 2.24) is 9.58 Å². The Hall–Kier alpha value is -5.54. The van der Waals surface area contributed by atoms with E-state index in [9.17, 15) is 0 Å². The lowest BCUT2D eigenvalue weighted by Gasteiger charge is -2.52. The van der Waals surface area contributed by atoms with Gasteiger partial charge in [0.15, 0.2) is 6.04 Å². The van der Waals surface area contributed by atoms with Crippen molar-refractivity contribution in [3.8, 4) is 11.1 Å². The molecular weight excluding hydrogens is 605 g/mol.